The van der Waals surface area contributed by atoms with Crippen molar-refractivity contribution in [1.29, 1.82) is 0 Å². The van der Waals surface area contributed by atoms with E-state index in [0.717, 1.165) is 54.0 Å². The summed E-state index contributed by atoms with van der Waals surface area (Å²) < 4.78 is 1.93. The lowest BCUT2D eigenvalue weighted by Gasteiger charge is -2.28. The summed E-state index contributed by atoms with van der Waals surface area (Å²) in [6.45, 7) is 4.43. The van der Waals surface area contributed by atoms with Crippen molar-refractivity contribution < 1.29 is 4.79 Å². The molecule has 2 heterocycles. The molecule has 1 saturated heterocycles. The Balaban J connectivity index is 1.41. The quantitative estimate of drug-likeness (QED) is 0.496. The summed E-state index contributed by atoms with van der Waals surface area (Å²) in [4.78, 5) is 15.4. The number of carbonyl (C=O) groups is 1. The molecule has 162 valence electrons. The van der Waals surface area contributed by atoms with Gasteiger partial charge >= 0.3 is 0 Å². The van der Waals surface area contributed by atoms with Crippen LogP contribution in [0.4, 0.5) is 5.95 Å². The number of nitrogens with zero attached hydrogens (tertiary/aromatic N) is 4. The van der Waals surface area contributed by atoms with E-state index in [1.807, 2.05) is 47.0 Å². The fourth-order valence-corrected chi connectivity index (χ4v) is 4.17. The van der Waals surface area contributed by atoms with E-state index < -0.39 is 0 Å². The summed E-state index contributed by atoms with van der Waals surface area (Å²) in [5, 5.41) is 17.4. The first-order valence-corrected chi connectivity index (χ1v) is 11.0. The molecule has 0 saturated carbocycles. The molecule has 0 spiro atoms. The highest BCUT2D eigenvalue weighted by Crippen LogP contribution is 2.20. The number of fused-ring (bicyclic) bond motifs is 1. The maximum absolute atomic E-state index is 13.2. The van der Waals surface area contributed by atoms with Crippen LogP contribution < -0.4 is 15.5 Å². The Hall–Kier alpha value is -3.71. The normalized spacial score (nSPS) is 13.9. The molecular weight excluding hydrogens is 400 g/mol. The summed E-state index contributed by atoms with van der Waals surface area (Å²) in [5.41, 5.74) is 2.18. The van der Waals surface area contributed by atoms with Crippen LogP contribution in [0, 0.1) is 0 Å². The molecule has 1 aliphatic rings. The van der Waals surface area contributed by atoms with Crippen LogP contribution in [-0.2, 0) is 13.1 Å². The van der Waals surface area contributed by atoms with E-state index >= 15 is 0 Å². The topological polar surface area (TPSA) is 75.1 Å². The Morgan fingerprint density at radius 2 is 1.66 bits per heavy atom. The Morgan fingerprint density at radius 3 is 2.50 bits per heavy atom. The van der Waals surface area contributed by atoms with Crippen LogP contribution in [0.3, 0.4) is 0 Å². The average Bonchev–Trinajstić information content (AvgIpc) is 3.27. The van der Waals surface area contributed by atoms with Gasteiger partial charge in [-0.2, -0.15) is 0 Å². The molecule has 1 aliphatic heterocycles. The number of carbonyl (C=O) groups excluding carboxylic acids is 1. The number of amides is 1. The van der Waals surface area contributed by atoms with Gasteiger partial charge in [0, 0.05) is 32.7 Å². The first-order chi connectivity index (χ1) is 15.8. The number of benzene rings is 3. The van der Waals surface area contributed by atoms with Crippen molar-refractivity contribution in [2.75, 3.05) is 31.1 Å². The van der Waals surface area contributed by atoms with Crippen LogP contribution in [0.25, 0.3) is 10.8 Å². The van der Waals surface area contributed by atoms with E-state index in [1.165, 1.54) is 0 Å². The van der Waals surface area contributed by atoms with E-state index in [-0.39, 0.29) is 5.91 Å². The number of rotatable bonds is 6. The maximum atomic E-state index is 13.2. The minimum atomic E-state index is -0.220. The predicted octanol–water partition coefficient (Wildman–Crippen LogP) is 2.82. The highest BCUT2D eigenvalue weighted by molar-refractivity contribution is 5.92. The molecule has 1 fully saturated rings. The van der Waals surface area contributed by atoms with Crippen molar-refractivity contribution in [3.05, 3.63) is 89.7 Å². The molecule has 3 aromatic carbocycles. The molecule has 32 heavy (non-hydrogen) atoms. The van der Waals surface area contributed by atoms with Crippen molar-refractivity contribution in [2.24, 2.45) is 0 Å². The van der Waals surface area contributed by atoms with Gasteiger partial charge in [0.15, 0.2) is 0 Å². The highest BCUT2D eigenvalue weighted by Gasteiger charge is 2.23. The van der Waals surface area contributed by atoms with Crippen LogP contribution >= 0.6 is 0 Å². The second kappa shape index (κ2) is 9.20. The highest BCUT2D eigenvalue weighted by atomic mass is 16.2. The van der Waals surface area contributed by atoms with Gasteiger partial charge in [0.1, 0.15) is 0 Å². The van der Waals surface area contributed by atoms with Crippen molar-refractivity contribution in [2.45, 2.75) is 13.1 Å². The van der Waals surface area contributed by atoms with Gasteiger partial charge < -0.3 is 15.5 Å². The molecule has 2 N–H and O–H groups in total. The molecular formula is C25H26N6O. The Morgan fingerprint density at radius 1 is 0.906 bits per heavy atom. The summed E-state index contributed by atoms with van der Waals surface area (Å²) in [6, 6.07) is 24.5. The minimum Gasteiger partial charge on any atom is -0.345 e. The van der Waals surface area contributed by atoms with E-state index in [1.54, 1.807) is 0 Å². The molecule has 0 radical (unpaired) electrons. The first-order valence-electron chi connectivity index (χ1n) is 11.0. The standard InChI is InChI=1S/C25H26N6O/c32-24(27-17-21-11-6-10-20-9-4-5-12-22(20)21)23-28-29-25(30-15-13-26-14-16-30)31(23)18-19-7-2-1-3-8-19/h1-12,26H,13-18H2,(H,27,32). The van der Waals surface area contributed by atoms with Gasteiger partial charge in [-0.05, 0) is 21.9 Å². The SMILES string of the molecule is O=C(NCc1cccc2ccccc12)c1nnc(N2CCNCC2)n1Cc1ccccc1. The Bertz CT molecular complexity index is 1210. The van der Waals surface area contributed by atoms with Gasteiger partial charge in [-0.15, -0.1) is 10.2 Å². The van der Waals surface area contributed by atoms with E-state index in [0.29, 0.717) is 18.9 Å². The van der Waals surface area contributed by atoms with Crippen molar-refractivity contribution in [3.8, 4) is 0 Å². The van der Waals surface area contributed by atoms with Gasteiger partial charge in [0.25, 0.3) is 5.91 Å². The molecule has 7 nitrogen and oxygen atoms in total. The fraction of sp³-hybridized carbons (Fsp3) is 0.240. The molecule has 4 aromatic rings. The predicted molar refractivity (Wildman–Crippen MR) is 126 cm³/mol. The van der Waals surface area contributed by atoms with Crippen LogP contribution in [0.2, 0.25) is 0 Å². The number of hydrogen-bond donors (Lipinski definition) is 2. The lowest BCUT2D eigenvalue weighted by atomic mass is 10.0. The summed E-state index contributed by atoms with van der Waals surface area (Å²) in [6.07, 6.45) is 0. The monoisotopic (exact) mass is 426 g/mol. The lowest BCUT2D eigenvalue weighted by molar-refractivity contribution is 0.0936. The average molecular weight is 427 g/mol. The molecule has 0 atom stereocenters. The molecule has 5 rings (SSSR count). The van der Waals surface area contributed by atoms with Gasteiger partial charge in [0.2, 0.25) is 11.8 Å². The molecule has 0 unspecified atom stereocenters. The fourth-order valence-electron chi connectivity index (χ4n) is 4.17. The molecule has 7 heteroatoms. The van der Waals surface area contributed by atoms with Gasteiger partial charge in [-0.25, -0.2) is 0 Å². The molecule has 1 aromatic heterocycles. The van der Waals surface area contributed by atoms with Crippen molar-refractivity contribution in [3.63, 3.8) is 0 Å². The summed E-state index contributed by atoms with van der Waals surface area (Å²) in [5.74, 6) is 0.857. The zero-order chi connectivity index (χ0) is 21.8. The van der Waals surface area contributed by atoms with Gasteiger partial charge in [-0.1, -0.05) is 72.8 Å². The molecule has 0 aliphatic carbocycles. The largest absolute Gasteiger partial charge is 0.345 e. The number of aromatic nitrogens is 3. The third kappa shape index (κ3) is 4.20. The second-order valence-corrected chi connectivity index (χ2v) is 7.95. The maximum Gasteiger partial charge on any atom is 0.289 e. The summed E-state index contributed by atoms with van der Waals surface area (Å²) >= 11 is 0. The van der Waals surface area contributed by atoms with Crippen molar-refractivity contribution >= 4 is 22.6 Å². The Labute approximate surface area is 187 Å². The lowest BCUT2D eigenvalue weighted by Crippen LogP contribution is -2.44. The first kappa shape index (κ1) is 20.2. The van der Waals surface area contributed by atoms with Gasteiger partial charge in [-0.3, -0.25) is 9.36 Å². The van der Waals surface area contributed by atoms with Crippen molar-refractivity contribution in [1.82, 2.24) is 25.4 Å². The number of anilines is 1. The third-order valence-corrected chi connectivity index (χ3v) is 5.84. The smallest absolute Gasteiger partial charge is 0.289 e. The summed E-state index contributed by atoms with van der Waals surface area (Å²) in [7, 11) is 0. The van der Waals surface area contributed by atoms with Gasteiger partial charge in [0.05, 0.1) is 6.54 Å². The molecule has 1 amide bonds. The van der Waals surface area contributed by atoms with E-state index in [4.69, 9.17) is 0 Å². The van der Waals surface area contributed by atoms with E-state index in [2.05, 4.69) is 56.1 Å². The number of hydrogen-bond acceptors (Lipinski definition) is 5. The third-order valence-electron chi connectivity index (χ3n) is 5.84. The van der Waals surface area contributed by atoms with Crippen LogP contribution in [0.1, 0.15) is 21.7 Å². The minimum absolute atomic E-state index is 0.220. The van der Waals surface area contributed by atoms with E-state index in [9.17, 15) is 4.79 Å². The van der Waals surface area contributed by atoms with Crippen LogP contribution in [-0.4, -0.2) is 46.9 Å². The van der Waals surface area contributed by atoms with Crippen LogP contribution in [0.5, 0.6) is 0 Å². The number of nitrogens with one attached hydrogen (secondary N) is 2. The second-order valence-electron chi connectivity index (χ2n) is 7.95. The number of piperazine rings is 1. The Kier molecular flexibility index (Phi) is 5.81. The molecule has 0 bridgehead atoms. The zero-order valence-corrected chi connectivity index (χ0v) is 17.9. The zero-order valence-electron chi connectivity index (χ0n) is 17.9. The van der Waals surface area contributed by atoms with Crippen LogP contribution in [0.15, 0.2) is 72.8 Å².